The van der Waals surface area contributed by atoms with Gasteiger partial charge in [0.05, 0.1) is 14.1 Å². The summed E-state index contributed by atoms with van der Waals surface area (Å²) in [5.41, 5.74) is 0. The summed E-state index contributed by atoms with van der Waals surface area (Å²) in [6, 6.07) is 4.06. The molecule has 3 heteroatoms. The molecule has 0 atom stereocenters. The Hall–Kier alpha value is -0.800. The van der Waals surface area contributed by atoms with Crippen LogP contribution in [0.15, 0.2) is 16.5 Å². The number of nitrogens with one attached hydrogen (secondary N) is 1. The molecule has 1 rings (SSSR count). The Balaban J connectivity index is 2.13. The van der Waals surface area contributed by atoms with Crippen LogP contribution in [0.1, 0.15) is 11.5 Å². The van der Waals surface area contributed by atoms with Crippen LogP contribution < -0.4 is 10.2 Å². The van der Waals surface area contributed by atoms with Gasteiger partial charge in [0.1, 0.15) is 25.4 Å². The van der Waals surface area contributed by atoms with Crippen LogP contribution in [0.25, 0.3) is 0 Å². The summed E-state index contributed by atoms with van der Waals surface area (Å²) in [6.07, 6.45) is 0. The molecule has 1 aromatic heterocycles. The maximum absolute atomic E-state index is 5.45. The molecule has 0 spiro atoms. The van der Waals surface area contributed by atoms with Crippen LogP contribution >= 0.6 is 0 Å². The summed E-state index contributed by atoms with van der Waals surface area (Å²) >= 11 is 0. The summed E-state index contributed by atoms with van der Waals surface area (Å²) in [4.78, 5) is 1.49. The molecule has 0 fully saturated rings. The van der Waals surface area contributed by atoms with Gasteiger partial charge in [-0.15, -0.1) is 0 Å². The molecule has 0 aliphatic carbocycles. The van der Waals surface area contributed by atoms with E-state index in [0.717, 1.165) is 24.6 Å². The van der Waals surface area contributed by atoms with E-state index in [2.05, 4.69) is 19.4 Å². The average molecular weight is 184 g/mol. The van der Waals surface area contributed by atoms with Crippen LogP contribution in [0.4, 0.5) is 0 Å². The number of aryl methyl sites for hydroxylation is 1. The van der Waals surface area contributed by atoms with Gasteiger partial charge in [0, 0.05) is 0 Å². The van der Waals surface area contributed by atoms with Gasteiger partial charge < -0.3 is 14.6 Å². The van der Waals surface area contributed by atoms with Gasteiger partial charge in [0.2, 0.25) is 0 Å². The molecule has 3 N–H and O–H groups in total. The second-order valence-electron chi connectivity index (χ2n) is 3.75. The summed E-state index contributed by atoms with van der Waals surface area (Å²) in [6.45, 7) is 5.29. The van der Waals surface area contributed by atoms with Crippen molar-refractivity contribution in [3.63, 3.8) is 0 Å². The molecule has 0 bridgehead atoms. The minimum Gasteiger partial charge on any atom is -0.460 e. The van der Waals surface area contributed by atoms with Gasteiger partial charge in [0.25, 0.3) is 0 Å². The second-order valence-corrected chi connectivity index (χ2v) is 3.75. The van der Waals surface area contributed by atoms with Crippen LogP contribution in [0.2, 0.25) is 0 Å². The maximum Gasteiger partial charge on any atom is 0.158 e. The fourth-order valence-electron chi connectivity index (χ4n) is 1.23. The highest BCUT2D eigenvalue weighted by atomic mass is 16.3. The lowest BCUT2D eigenvalue weighted by molar-refractivity contribution is -0.875. The Labute approximate surface area is 79.7 Å². The molecule has 0 radical (unpaired) electrons. The summed E-state index contributed by atoms with van der Waals surface area (Å²) in [5, 5.41) is 2.28. The average Bonchev–Trinajstić information content (AvgIpc) is 2.45. The van der Waals surface area contributed by atoms with Crippen molar-refractivity contribution < 1.29 is 14.6 Å². The lowest BCUT2D eigenvalue weighted by Crippen LogP contribution is -3.09. The normalized spacial score (nSPS) is 11.1. The van der Waals surface area contributed by atoms with Gasteiger partial charge in [-0.05, 0) is 19.1 Å². The first kappa shape index (κ1) is 10.3. The molecule has 3 nitrogen and oxygen atoms in total. The minimum atomic E-state index is 0.959. The summed E-state index contributed by atoms with van der Waals surface area (Å²) in [7, 11) is 4.34. The molecule has 0 saturated heterocycles. The van der Waals surface area contributed by atoms with Crippen LogP contribution in [0.5, 0.6) is 0 Å². The fourth-order valence-corrected chi connectivity index (χ4v) is 1.23. The van der Waals surface area contributed by atoms with Crippen molar-refractivity contribution in [2.24, 2.45) is 0 Å². The number of hydrogen-bond donors (Lipinski definition) is 2. The number of rotatable bonds is 5. The second kappa shape index (κ2) is 5.04. The third kappa shape index (κ3) is 4.10. The zero-order valence-electron chi connectivity index (χ0n) is 8.76. The zero-order valence-corrected chi connectivity index (χ0v) is 8.76. The Morgan fingerprint density at radius 1 is 1.38 bits per heavy atom. The number of nitrogens with two attached hydrogens (primary N) is 1. The van der Waals surface area contributed by atoms with E-state index in [1.807, 2.05) is 19.1 Å². The molecule has 13 heavy (non-hydrogen) atoms. The molecule has 74 valence electrons. The molecule has 1 aromatic rings. The fraction of sp³-hybridized carbons (Fsp3) is 0.600. The number of likely N-dealkylation sites (N-methyl/N-ethyl adjacent to an activating group) is 1. The van der Waals surface area contributed by atoms with Crippen molar-refractivity contribution in [1.29, 1.82) is 0 Å². The van der Waals surface area contributed by atoms with Crippen LogP contribution in [0.3, 0.4) is 0 Å². The van der Waals surface area contributed by atoms with E-state index in [9.17, 15) is 0 Å². The lowest BCUT2D eigenvalue weighted by atomic mass is 10.4. The van der Waals surface area contributed by atoms with Gasteiger partial charge >= 0.3 is 0 Å². The lowest BCUT2D eigenvalue weighted by Gasteiger charge is -2.04. The highest BCUT2D eigenvalue weighted by Gasteiger charge is 2.01. The van der Waals surface area contributed by atoms with E-state index in [1.54, 1.807) is 0 Å². The quantitative estimate of drug-likeness (QED) is 0.554. The SMILES string of the molecule is Cc1ccc(C[NH2+]CC[NH+](C)C)o1. The van der Waals surface area contributed by atoms with Crippen molar-refractivity contribution in [3.8, 4) is 0 Å². The molecule has 0 amide bonds. The predicted octanol–water partition coefficient (Wildman–Crippen LogP) is -1.20. The number of furan rings is 1. The monoisotopic (exact) mass is 184 g/mol. The molecular weight excluding hydrogens is 164 g/mol. The van der Waals surface area contributed by atoms with Gasteiger partial charge in [0.15, 0.2) is 5.76 Å². The van der Waals surface area contributed by atoms with E-state index in [4.69, 9.17) is 4.42 Å². The standard InChI is InChI=1S/C10H18N2O/c1-9-4-5-10(13-9)8-11-6-7-12(2)3/h4-5,11H,6-8H2,1-3H3/p+2. The first-order chi connectivity index (χ1) is 6.18. The largest absolute Gasteiger partial charge is 0.460 e. The smallest absolute Gasteiger partial charge is 0.158 e. The molecule has 0 unspecified atom stereocenters. The number of hydrogen-bond acceptors (Lipinski definition) is 1. The first-order valence-corrected chi connectivity index (χ1v) is 4.84. The Morgan fingerprint density at radius 2 is 2.15 bits per heavy atom. The van der Waals surface area contributed by atoms with E-state index in [0.29, 0.717) is 0 Å². The highest BCUT2D eigenvalue weighted by Crippen LogP contribution is 2.03. The van der Waals surface area contributed by atoms with E-state index >= 15 is 0 Å². The van der Waals surface area contributed by atoms with Crippen molar-refractivity contribution in [2.75, 3.05) is 27.2 Å². The maximum atomic E-state index is 5.45. The molecular formula is C10H20N2O+2. The van der Waals surface area contributed by atoms with Gasteiger partial charge in [-0.3, -0.25) is 0 Å². The third-order valence-corrected chi connectivity index (χ3v) is 1.99. The van der Waals surface area contributed by atoms with Crippen molar-refractivity contribution in [1.82, 2.24) is 0 Å². The Morgan fingerprint density at radius 3 is 2.69 bits per heavy atom. The first-order valence-electron chi connectivity index (χ1n) is 4.84. The van der Waals surface area contributed by atoms with E-state index in [1.165, 1.54) is 11.4 Å². The van der Waals surface area contributed by atoms with Crippen LogP contribution in [-0.2, 0) is 6.54 Å². The van der Waals surface area contributed by atoms with Gasteiger partial charge in [-0.1, -0.05) is 0 Å². The third-order valence-electron chi connectivity index (χ3n) is 1.99. The van der Waals surface area contributed by atoms with E-state index in [-0.39, 0.29) is 0 Å². The van der Waals surface area contributed by atoms with Crippen molar-refractivity contribution in [3.05, 3.63) is 23.7 Å². The Bertz CT molecular complexity index is 243. The topological polar surface area (TPSA) is 34.2 Å². The highest BCUT2D eigenvalue weighted by molar-refractivity contribution is 5.03. The van der Waals surface area contributed by atoms with E-state index < -0.39 is 0 Å². The molecule has 1 heterocycles. The molecule has 0 aliphatic rings. The van der Waals surface area contributed by atoms with Gasteiger partial charge in [-0.25, -0.2) is 0 Å². The van der Waals surface area contributed by atoms with Gasteiger partial charge in [-0.2, -0.15) is 0 Å². The Kier molecular flexibility index (Phi) is 3.99. The predicted molar refractivity (Wildman–Crippen MR) is 51.6 cm³/mol. The molecule has 0 aliphatic heterocycles. The minimum absolute atomic E-state index is 0.959. The zero-order chi connectivity index (χ0) is 9.68. The van der Waals surface area contributed by atoms with Crippen molar-refractivity contribution >= 4 is 0 Å². The number of quaternary nitrogens is 2. The van der Waals surface area contributed by atoms with Crippen LogP contribution in [0, 0.1) is 6.92 Å². The van der Waals surface area contributed by atoms with Crippen LogP contribution in [-0.4, -0.2) is 27.2 Å². The molecule has 0 aromatic carbocycles. The van der Waals surface area contributed by atoms with Crippen molar-refractivity contribution in [2.45, 2.75) is 13.5 Å². The molecule has 0 saturated carbocycles. The summed E-state index contributed by atoms with van der Waals surface area (Å²) in [5.74, 6) is 2.08. The summed E-state index contributed by atoms with van der Waals surface area (Å²) < 4.78 is 5.45.